The second-order valence-electron chi connectivity index (χ2n) is 9.64. The third-order valence-electron chi connectivity index (χ3n) is 5.86. The highest BCUT2D eigenvalue weighted by Crippen LogP contribution is 2.25. The largest absolute Gasteiger partial charge is 0.459 e. The predicted octanol–water partition coefficient (Wildman–Crippen LogP) is 4.46. The molecule has 1 aromatic heterocycles. The Kier molecular flexibility index (Phi) is 6.61. The fourth-order valence-electron chi connectivity index (χ4n) is 4.29. The summed E-state index contributed by atoms with van der Waals surface area (Å²) in [5, 5.41) is 0. The van der Waals surface area contributed by atoms with Crippen LogP contribution in [0.4, 0.5) is 4.39 Å². The van der Waals surface area contributed by atoms with Crippen LogP contribution in [-0.4, -0.2) is 51.4 Å². The molecule has 2 heterocycles. The normalized spacial score (nSPS) is 15.6. The molecule has 1 aliphatic heterocycles. The maximum Gasteiger partial charge on any atom is 0.320 e. The van der Waals surface area contributed by atoms with Gasteiger partial charge in [-0.2, -0.15) is 0 Å². The van der Waals surface area contributed by atoms with Crippen molar-refractivity contribution in [2.75, 3.05) is 19.6 Å². The summed E-state index contributed by atoms with van der Waals surface area (Å²) >= 11 is 0. The summed E-state index contributed by atoms with van der Waals surface area (Å²) in [7, 11) is 0. The number of fused-ring (bicyclic) bond motifs is 1. The first kappa shape index (κ1) is 23.1. The molecule has 1 aliphatic rings. The van der Waals surface area contributed by atoms with Crippen LogP contribution in [0, 0.1) is 11.7 Å². The molecule has 2 aromatic carbocycles. The molecular weight excluding hydrogens is 421 g/mol. The van der Waals surface area contributed by atoms with Gasteiger partial charge in [-0.05, 0) is 76.5 Å². The minimum absolute atomic E-state index is 0.0187. The van der Waals surface area contributed by atoms with Gasteiger partial charge in [0.05, 0.1) is 17.6 Å². The lowest BCUT2D eigenvalue weighted by Gasteiger charge is -2.31. The number of carbonyl (C=O) groups is 2. The van der Waals surface area contributed by atoms with Gasteiger partial charge in [0.25, 0.3) is 0 Å². The standard InChI is InChI=1S/C26H30FN3O3/c1-26(2,3)33-23(31)17-29-14-12-19(13-15-29)24(32)25-28-21-6-4-5-7-22(21)30(25)16-18-8-10-20(27)11-9-18/h4-11,19H,12-17H2,1-3H3. The molecule has 0 radical (unpaired) electrons. The van der Waals surface area contributed by atoms with Crippen molar-refractivity contribution < 1.29 is 18.7 Å². The molecular formula is C26H30FN3O3. The molecule has 0 atom stereocenters. The van der Waals surface area contributed by atoms with Gasteiger partial charge in [0.15, 0.2) is 5.82 Å². The number of hydrogen-bond donors (Lipinski definition) is 0. The van der Waals surface area contributed by atoms with E-state index in [9.17, 15) is 14.0 Å². The summed E-state index contributed by atoms with van der Waals surface area (Å²) in [6, 6.07) is 14.0. The maximum atomic E-state index is 13.5. The van der Waals surface area contributed by atoms with Gasteiger partial charge in [-0.3, -0.25) is 14.5 Å². The van der Waals surface area contributed by atoms with E-state index in [1.165, 1.54) is 12.1 Å². The number of hydrogen-bond acceptors (Lipinski definition) is 5. The average molecular weight is 452 g/mol. The SMILES string of the molecule is CC(C)(C)OC(=O)CN1CCC(C(=O)c2nc3ccccc3n2Cc2ccc(F)cc2)CC1. The number of ketones is 1. The topological polar surface area (TPSA) is 64.4 Å². The van der Waals surface area contributed by atoms with Crippen molar-refractivity contribution in [2.45, 2.75) is 45.8 Å². The zero-order valence-electron chi connectivity index (χ0n) is 19.4. The molecule has 6 nitrogen and oxygen atoms in total. The molecule has 33 heavy (non-hydrogen) atoms. The number of para-hydroxylation sites is 2. The van der Waals surface area contributed by atoms with Crippen LogP contribution in [0.2, 0.25) is 0 Å². The number of Topliss-reactive ketones (excluding diaryl/α,β-unsaturated/α-hetero) is 1. The Morgan fingerprint density at radius 2 is 1.73 bits per heavy atom. The van der Waals surface area contributed by atoms with Crippen molar-refractivity contribution in [3.8, 4) is 0 Å². The Labute approximate surface area is 193 Å². The molecule has 0 spiro atoms. The van der Waals surface area contributed by atoms with Crippen molar-refractivity contribution in [3.63, 3.8) is 0 Å². The van der Waals surface area contributed by atoms with E-state index in [0.717, 1.165) is 16.6 Å². The average Bonchev–Trinajstić information content (AvgIpc) is 3.12. The van der Waals surface area contributed by atoms with Gasteiger partial charge < -0.3 is 9.30 Å². The lowest BCUT2D eigenvalue weighted by atomic mass is 9.92. The van der Waals surface area contributed by atoms with Crippen LogP contribution >= 0.6 is 0 Å². The number of aromatic nitrogens is 2. The van der Waals surface area contributed by atoms with Crippen molar-refractivity contribution in [1.29, 1.82) is 0 Å². The van der Waals surface area contributed by atoms with Gasteiger partial charge in [0, 0.05) is 12.5 Å². The Hall–Kier alpha value is -3.06. The third-order valence-corrected chi connectivity index (χ3v) is 5.86. The Balaban J connectivity index is 1.48. The number of rotatable bonds is 6. The number of likely N-dealkylation sites (tertiary alicyclic amines) is 1. The smallest absolute Gasteiger partial charge is 0.320 e. The fraction of sp³-hybridized carbons (Fsp3) is 0.423. The second kappa shape index (κ2) is 9.43. The molecule has 0 N–H and O–H groups in total. The highest BCUT2D eigenvalue weighted by Gasteiger charge is 2.30. The summed E-state index contributed by atoms with van der Waals surface area (Å²) in [6.07, 6.45) is 1.34. The zero-order valence-corrected chi connectivity index (χ0v) is 19.4. The Bertz CT molecular complexity index is 1140. The van der Waals surface area contributed by atoms with Gasteiger partial charge in [0.2, 0.25) is 5.78 Å². The molecule has 3 aromatic rings. The number of imidazole rings is 1. The van der Waals surface area contributed by atoms with Crippen LogP contribution < -0.4 is 0 Å². The number of halogens is 1. The van der Waals surface area contributed by atoms with E-state index >= 15 is 0 Å². The van der Waals surface area contributed by atoms with Crippen molar-refractivity contribution >= 4 is 22.8 Å². The minimum Gasteiger partial charge on any atom is -0.459 e. The monoisotopic (exact) mass is 451 g/mol. The van der Waals surface area contributed by atoms with Crippen molar-refractivity contribution in [1.82, 2.24) is 14.5 Å². The molecule has 4 rings (SSSR count). The fourth-order valence-corrected chi connectivity index (χ4v) is 4.29. The number of carbonyl (C=O) groups excluding carboxylic acids is 2. The number of esters is 1. The van der Waals surface area contributed by atoms with E-state index in [1.54, 1.807) is 12.1 Å². The molecule has 0 amide bonds. The van der Waals surface area contributed by atoms with E-state index in [-0.39, 0.29) is 30.0 Å². The lowest BCUT2D eigenvalue weighted by molar-refractivity contribution is -0.156. The summed E-state index contributed by atoms with van der Waals surface area (Å²) in [5.74, 6) is -0.225. The zero-order chi connectivity index (χ0) is 23.6. The summed E-state index contributed by atoms with van der Waals surface area (Å²) in [5.41, 5.74) is 2.05. The van der Waals surface area contributed by atoms with Crippen LogP contribution in [0.15, 0.2) is 48.5 Å². The number of ether oxygens (including phenoxy) is 1. The maximum absolute atomic E-state index is 13.5. The number of piperidine rings is 1. The molecule has 174 valence electrons. The van der Waals surface area contributed by atoms with Crippen molar-refractivity contribution in [3.05, 3.63) is 65.7 Å². The third kappa shape index (κ3) is 5.66. The van der Waals surface area contributed by atoms with Crippen LogP contribution in [0.3, 0.4) is 0 Å². The molecule has 1 fully saturated rings. The van der Waals surface area contributed by atoms with E-state index in [4.69, 9.17) is 4.74 Å². The summed E-state index contributed by atoms with van der Waals surface area (Å²) in [6.45, 7) is 7.57. The molecule has 0 unspecified atom stereocenters. The number of nitrogens with zero attached hydrogens (tertiary/aromatic N) is 3. The van der Waals surface area contributed by atoms with Crippen LogP contribution in [0.1, 0.15) is 49.8 Å². The Morgan fingerprint density at radius 3 is 2.39 bits per heavy atom. The first-order valence-electron chi connectivity index (χ1n) is 11.4. The summed E-state index contributed by atoms with van der Waals surface area (Å²) in [4.78, 5) is 32.3. The van der Waals surface area contributed by atoms with Gasteiger partial charge in [-0.1, -0.05) is 24.3 Å². The highest BCUT2D eigenvalue weighted by molar-refractivity contribution is 5.98. The molecule has 1 saturated heterocycles. The molecule has 0 bridgehead atoms. The Morgan fingerprint density at radius 1 is 1.06 bits per heavy atom. The van der Waals surface area contributed by atoms with Gasteiger partial charge in [0.1, 0.15) is 11.4 Å². The first-order valence-corrected chi connectivity index (χ1v) is 11.4. The number of benzene rings is 2. The van der Waals surface area contributed by atoms with Gasteiger partial charge in [-0.25, -0.2) is 9.37 Å². The van der Waals surface area contributed by atoms with Crippen LogP contribution in [0.25, 0.3) is 11.0 Å². The van der Waals surface area contributed by atoms with E-state index < -0.39 is 5.60 Å². The summed E-state index contributed by atoms with van der Waals surface area (Å²) < 4.78 is 20.7. The first-order chi connectivity index (χ1) is 15.7. The van der Waals surface area contributed by atoms with Gasteiger partial charge >= 0.3 is 5.97 Å². The van der Waals surface area contributed by atoms with E-state index in [2.05, 4.69) is 4.98 Å². The minimum atomic E-state index is -0.505. The van der Waals surface area contributed by atoms with Gasteiger partial charge in [-0.15, -0.1) is 0 Å². The van der Waals surface area contributed by atoms with Crippen molar-refractivity contribution in [2.24, 2.45) is 5.92 Å². The molecule has 0 saturated carbocycles. The van der Waals surface area contributed by atoms with E-state index in [1.807, 2.05) is 54.5 Å². The van der Waals surface area contributed by atoms with Crippen LogP contribution in [-0.2, 0) is 16.1 Å². The quantitative estimate of drug-likeness (QED) is 0.409. The molecule has 0 aliphatic carbocycles. The second-order valence-corrected chi connectivity index (χ2v) is 9.64. The molecule has 7 heteroatoms. The van der Waals surface area contributed by atoms with E-state index in [0.29, 0.717) is 38.3 Å². The lowest BCUT2D eigenvalue weighted by Crippen LogP contribution is -2.41. The highest BCUT2D eigenvalue weighted by atomic mass is 19.1. The van der Waals surface area contributed by atoms with Crippen LogP contribution in [0.5, 0.6) is 0 Å². The predicted molar refractivity (Wildman–Crippen MR) is 125 cm³/mol.